The molecule has 0 radical (unpaired) electrons. The molecule has 0 amide bonds. The minimum Gasteiger partial charge on any atom is 0 e. The van der Waals surface area contributed by atoms with Gasteiger partial charge < -0.3 is 11.5 Å². The zero-order valence-electron chi connectivity index (χ0n) is 15.8. The third-order valence-corrected chi connectivity index (χ3v) is 3.94. The number of rotatable bonds is 2. The number of hydrogen-bond donors (Lipinski definition) is 2. The molecule has 0 spiro atoms. The molecule has 0 bridgehead atoms. The predicted molar refractivity (Wildman–Crippen MR) is 113 cm³/mol. The van der Waals surface area contributed by atoms with E-state index in [4.69, 9.17) is 11.5 Å². The van der Waals surface area contributed by atoms with Gasteiger partial charge >= 0.3 is 35.0 Å². The Labute approximate surface area is 208 Å². The van der Waals surface area contributed by atoms with Gasteiger partial charge in [0.25, 0.3) is 0 Å². The van der Waals surface area contributed by atoms with E-state index >= 15 is 0 Å². The van der Waals surface area contributed by atoms with Crippen LogP contribution in [0, 0.1) is 31.2 Å². The Kier molecular flexibility index (Phi) is 13.4. The van der Waals surface area contributed by atoms with Crippen LogP contribution in [0.15, 0.2) is 97.1 Å². The molecule has 0 heterocycles. The van der Waals surface area contributed by atoms with Crippen LogP contribution in [0.4, 0.5) is 11.4 Å². The normalized spacial score (nSPS) is 9.27. The molecule has 0 saturated heterocycles. The molecular formula is C24H22Cl2N2Pd2. The minimum atomic E-state index is 0. The smallest absolute Gasteiger partial charge is 0 e. The molecule has 0 saturated carbocycles. The van der Waals surface area contributed by atoms with Crippen molar-refractivity contribution < 1.29 is 55.4 Å². The zero-order valence-corrected chi connectivity index (χ0v) is 20.6. The van der Waals surface area contributed by atoms with Crippen molar-refractivity contribution in [1.82, 2.24) is 0 Å². The SMILES string of the molecule is Nc1ccccc1-c1[c-]cccc1.Nc1ccccc1-c1c[c-]ccc1.[ClH+][Pd][ClH+].[Pd]. The van der Waals surface area contributed by atoms with E-state index in [9.17, 15) is 0 Å². The third-order valence-electron chi connectivity index (χ3n) is 3.94. The fourth-order valence-electron chi connectivity index (χ4n) is 2.62. The summed E-state index contributed by atoms with van der Waals surface area (Å²) >= 11 is 0.117. The summed E-state index contributed by atoms with van der Waals surface area (Å²) in [7, 11) is 8.52. The van der Waals surface area contributed by atoms with E-state index < -0.39 is 0 Å². The van der Waals surface area contributed by atoms with Crippen molar-refractivity contribution in [1.29, 1.82) is 0 Å². The first-order chi connectivity index (χ1) is 14.2. The van der Waals surface area contributed by atoms with Crippen molar-refractivity contribution in [3.8, 4) is 22.3 Å². The summed E-state index contributed by atoms with van der Waals surface area (Å²) < 4.78 is 0. The van der Waals surface area contributed by atoms with E-state index in [1.807, 2.05) is 97.1 Å². The van der Waals surface area contributed by atoms with Crippen LogP contribution in [0.1, 0.15) is 0 Å². The Morgan fingerprint density at radius 3 is 1.73 bits per heavy atom. The molecule has 0 aliphatic carbocycles. The van der Waals surface area contributed by atoms with Crippen LogP contribution in [-0.2, 0) is 36.4 Å². The van der Waals surface area contributed by atoms with Gasteiger partial charge in [-0.05, 0) is 17.8 Å². The van der Waals surface area contributed by atoms with Gasteiger partial charge in [0.2, 0.25) is 0 Å². The summed E-state index contributed by atoms with van der Waals surface area (Å²) in [6, 6.07) is 37.5. The molecule has 0 aliphatic rings. The van der Waals surface area contributed by atoms with Crippen molar-refractivity contribution >= 4 is 11.4 Å². The number of benzene rings is 4. The topological polar surface area (TPSA) is 52.0 Å². The average Bonchev–Trinajstić information content (AvgIpc) is 2.77. The number of nitrogen functional groups attached to an aromatic ring is 2. The Morgan fingerprint density at radius 2 is 1.23 bits per heavy atom. The van der Waals surface area contributed by atoms with E-state index in [0.717, 1.165) is 33.6 Å². The molecule has 0 aromatic heterocycles. The maximum Gasteiger partial charge on any atom is 0 e. The standard InChI is InChI=1S/2C12H10N.2ClH.2Pd/c2*13-12-9-5-4-8-11(12)10-6-2-1-3-7-10;;;;/h1-2,4-9H,13H2;1-6,8-9H,13H2;2*1H;;/q2*-1;;;;+2. The van der Waals surface area contributed by atoms with Crippen molar-refractivity contribution in [2.45, 2.75) is 0 Å². The van der Waals surface area contributed by atoms with E-state index in [0.29, 0.717) is 0 Å². The Hall–Kier alpha value is -1.62. The van der Waals surface area contributed by atoms with Crippen LogP contribution in [0.5, 0.6) is 0 Å². The summed E-state index contributed by atoms with van der Waals surface area (Å²) in [4.78, 5) is 0. The number of para-hydroxylation sites is 2. The molecule has 4 aromatic rings. The second-order valence-corrected chi connectivity index (χ2v) is 8.55. The summed E-state index contributed by atoms with van der Waals surface area (Å²) in [6.45, 7) is 0. The van der Waals surface area contributed by atoms with E-state index in [2.05, 4.69) is 31.2 Å². The molecule has 162 valence electrons. The molecule has 2 nitrogen and oxygen atoms in total. The van der Waals surface area contributed by atoms with E-state index in [1.165, 1.54) is 0 Å². The summed E-state index contributed by atoms with van der Waals surface area (Å²) in [5.74, 6) is 0. The third kappa shape index (κ3) is 8.63. The number of halogens is 2. The molecule has 6 heteroatoms. The van der Waals surface area contributed by atoms with E-state index in [-0.39, 0.29) is 36.4 Å². The Morgan fingerprint density at radius 1 is 0.667 bits per heavy atom. The molecule has 0 aliphatic heterocycles. The molecule has 0 unspecified atom stereocenters. The monoisotopic (exact) mass is 620 g/mol. The van der Waals surface area contributed by atoms with Crippen LogP contribution >= 0.6 is 0 Å². The van der Waals surface area contributed by atoms with Crippen LogP contribution < -0.4 is 11.5 Å². The predicted octanol–water partition coefficient (Wildman–Crippen LogP) is 4.93. The Bertz CT molecular complexity index is 903. The summed E-state index contributed by atoms with van der Waals surface area (Å²) in [5, 5.41) is 0. The molecule has 4 rings (SSSR count). The molecule has 0 atom stereocenters. The van der Waals surface area contributed by atoms with Gasteiger partial charge in [0.1, 0.15) is 0 Å². The first-order valence-corrected chi connectivity index (χ1v) is 13.0. The molecule has 4 aromatic carbocycles. The van der Waals surface area contributed by atoms with Gasteiger partial charge in [-0.25, -0.2) is 0 Å². The average molecular weight is 622 g/mol. The van der Waals surface area contributed by atoms with Gasteiger partial charge in [-0.3, -0.25) is 0 Å². The van der Waals surface area contributed by atoms with Crippen molar-refractivity contribution in [2.75, 3.05) is 11.5 Å². The first kappa shape index (κ1) is 26.4. The quantitative estimate of drug-likeness (QED) is 0.190. The van der Waals surface area contributed by atoms with Crippen molar-refractivity contribution in [2.24, 2.45) is 0 Å². The first-order valence-electron chi connectivity index (χ1n) is 8.64. The number of hydrogen-bond acceptors (Lipinski definition) is 2. The number of anilines is 2. The zero-order chi connectivity index (χ0) is 20.9. The van der Waals surface area contributed by atoms with Crippen LogP contribution in [-0.4, -0.2) is 0 Å². The van der Waals surface area contributed by atoms with Gasteiger partial charge in [-0.1, -0.05) is 47.5 Å². The Balaban J connectivity index is 0.000000258. The number of nitrogens with two attached hydrogens (primary N) is 2. The fourth-order valence-corrected chi connectivity index (χ4v) is 2.62. The van der Waals surface area contributed by atoms with Gasteiger partial charge in [0, 0.05) is 26.1 Å². The van der Waals surface area contributed by atoms with Crippen LogP contribution in [0.3, 0.4) is 0 Å². The summed E-state index contributed by atoms with van der Waals surface area (Å²) in [6.07, 6.45) is 0. The summed E-state index contributed by atoms with van der Waals surface area (Å²) in [5.41, 5.74) is 17.5. The molecular weight excluding hydrogens is 600 g/mol. The molecule has 0 fully saturated rings. The second kappa shape index (κ2) is 15.2. The van der Waals surface area contributed by atoms with E-state index in [1.54, 1.807) is 0 Å². The van der Waals surface area contributed by atoms with Crippen LogP contribution in [0.25, 0.3) is 22.3 Å². The van der Waals surface area contributed by atoms with Gasteiger partial charge in [-0.2, -0.15) is 30.3 Å². The van der Waals surface area contributed by atoms with Crippen molar-refractivity contribution in [3.05, 3.63) is 109 Å². The minimum absolute atomic E-state index is 0. The van der Waals surface area contributed by atoms with Gasteiger partial charge in [-0.15, -0.1) is 41.5 Å². The van der Waals surface area contributed by atoms with Gasteiger partial charge in [0.05, 0.1) is 0 Å². The van der Waals surface area contributed by atoms with Crippen molar-refractivity contribution in [3.63, 3.8) is 0 Å². The largest absolute Gasteiger partial charge is 0 e. The maximum absolute atomic E-state index is 5.84. The fraction of sp³-hybridized carbons (Fsp3) is 0. The maximum atomic E-state index is 5.84. The molecule has 30 heavy (non-hydrogen) atoms. The molecule has 4 N–H and O–H groups in total. The second-order valence-electron chi connectivity index (χ2n) is 5.80. The van der Waals surface area contributed by atoms with Gasteiger partial charge in [0.15, 0.2) is 0 Å². The van der Waals surface area contributed by atoms with Crippen LogP contribution in [0.2, 0.25) is 0 Å².